The lowest BCUT2D eigenvalue weighted by atomic mass is 10.0. The highest BCUT2D eigenvalue weighted by molar-refractivity contribution is 7.88. The topological polar surface area (TPSA) is 46.2 Å². The maximum absolute atomic E-state index is 13.0. The van der Waals surface area contributed by atoms with Gasteiger partial charge in [-0.3, -0.25) is 0 Å². The fourth-order valence-corrected chi connectivity index (χ4v) is 1.62. The van der Waals surface area contributed by atoms with E-state index in [4.69, 9.17) is 0 Å². The first-order chi connectivity index (χ1) is 6.21. The molecule has 0 saturated carbocycles. The third-order valence-electron chi connectivity index (χ3n) is 1.81. The summed E-state index contributed by atoms with van der Waals surface area (Å²) in [7, 11) is -3.06. The molecule has 0 spiro atoms. The molecule has 0 aromatic rings. The lowest BCUT2D eigenvalue weighted by molar-refractivity contribution is 0.195. The number of sulfonamides is 1. The molecular formula is C9H20FNO2S. The molecule has 0 aliphatic heterocycles. The van der Waals surface area contributed by atoms with E-state index in [0.717, 1.165) is 25.5 Å². The first-order valence-electron chi connectivity index (χ1n) is 4.84. The Morgan fingerprint density at radius 1 is 1.21 bits per heavy atom. The highest BCUT2D eigenvalue weighted by atomic mass is 32.2. The van der Waals surface area contributed by atoms with E-state index in [2.05, 4.69) is 4.72 Å². The van der Waals surface area contributed by atoms with Gasteiger partial charge in [0.15, 0.2) is 0 Å². The van der Waals surface area contributed by atoms with Gasteiger partial charge in [0.2, 0.25) is 10.0 Å². The van der Waals surface area contributed by atoms with Crippen LogP contribution in [-0.4, -0.2) is 26.9 Å². The average molecular weight is 225 g/mol. The van der Waals surface area contributed by atoms with Gasteiger partial charge in [0, 0.05) is 6.54 Å². The Hall–Kier alpha value is -0.160. The van der Waals surface area contributed by atoms with Crippen molar-refractivity contribution < 1.29 is 12.8 Å². The molecule has 0 aliphatic rings. The first kappa shape index (κ1) is 13.8. The minimum absolute atomic E-state index is 0.450. The normalized spacial score (nSPS) is 13.1. The summed E-state index contributed by atoms with van der Waals surface area (Å²) in [5.74, 6) is 0. The molecule has 5 heteroatoms. The smallest absolute Gasteiger partial charge is 0.208 e. The Balaban J connectivity index is 3.32. The summed E-state index contributed by atoms with van der Waals surface area (Å²) in [6.07, 6.45) is 4.09. The van der Waals surface area contributed by atoms with Crippen molar-refractivity contribution in [3.05, 3.63) is 0 Å². The Morgan fingerprint density at radius 2 is 1.79 bits per heavy atom. The second kappa shape index (κ2) is 5.66. The van der Waals surface area contributed by atoms with Gasteiger partial charge in [0.25, 0.3) is 0 Å². The van der Waals surface area contributed by atoms with E-state index < -0.39 is 15.7 Å². The summed E-state index contributed by atoms with van der Waals surface area (Å²) in [4.78, 5) is 0. The van der Waals surface area contributed by atoms with Gasteiger partial charge < -0.3 is 0 Å². The molecule has 0 atom stereocenters. The van der Waals surface area contributed by atoms with Crippen LogP contribution in [0.25, 0.3) is 0 Å². The van der Waals surface area contributed by atoms with Crippen molar-refractivity contribution in [1.29, 1.82) is 0 Å². The van der Waals surface area contributed by atoms with Crippen LogP contribution in [0.15, 0.2) is 0 Å². The molecule has 0 bridgehead atoms. The number of halogens is 1. The number of alkyl halides is 1. The Bertz CT molecular complexity index is 244. The van der Waals surface area contributed by atoms with Gasteiger partial charge in [0.05, 0.1) is 6.26 Å². The van der Waals surface area contributed by atoms with Gasteiger partial charge in [0.1, 0.15) is 5.67 Å². The minimum atomic E-state index is -3.06. The van der Waals surface area contributed by atoms with E-state index in [-0.39, 0.29) is 0 Å². The van der Waals surface area contributed by atoms with Gasteiger partial charge >= 0.3 is 0 Å². The van der Waals surface area contributed by atoms with Crippen LogP contribution in [0.4, 0.5) is 4.39 Å². The highest BCUT2D eigenvalue weighted by Crippen LogP contribution is 2.17. The van der Waals surface area contributed by atoms with E-state index in [1.807, 2.05) is 0 Å². The fraction of sp³-hybridized carbons (Fsp3) is 1.00. The highest BCUT2D eigenvalue weighted by Gasteiger charge is 2.13. The summed E-state index contributed by atoms with van der Waals surface area (Å²) in [6.45, 7) is 3.56. The maximum atomic E-state index is 13.0. The van der Waals surface area contributed by atoms with E-state index in [1.54, 1.807) is 13.8 Å². The zero-order valence-electron chi connectivity index (χ0n) is 9.14. The van der Waals surface area contributed by atoms with Crippen LogP contribution in [0.5, 0.6) is 0 Å². The van der Waals surface area contributed by atoms with E-state index in [0.29, 0.717) is 13.0 Å². The second-order valence-corrected chi connectivity index (χ2v) is 6.03. The van der Waals surface area contributed by atoms with Crippen LogP contribution in [0.1, 0.15) is 39.5 Å². The molecule has 0 saturated heterocycles. The molecule has 3 nitrogen and oxygen atoms in total. The molecule has 0 rings (SSSR count). The Labute approximate surface area is 86.1 Å². The predicted molar refractivity (Wildman–Crippen MR) is 56.5 cm³/mol. The van der Waals surface area contributed by atoms with E-state index in [1.165, 1.54) is 0 Å². The number of hydrogen-bond acceptors (Lipinski definition) is 2. The lowest BCUT2D eigenvalue weighted by Crippen LogP contribution is -2.23. The SMILES string of the molecule is CC(C)(F)CCCCCNS(C)(=O)=O. The maximum Gasteiger partial charge on any atom is 0.208 e. The predicted octanol–water partition coefficient (Wildman–Crippen LogP) is 1.84. The summed E-state index contributed by atoms with van der Waals surface area (Å²) < 4.78 is 36.7. The van der Waals surface area contributed by atoms with Crippen molar-refractivity contribution in [2.75, 3.05) is 12.8 Å². The van der Waals surface area contributed by atoms with Crippen molar-refractivity contribution in [3.8, 4) is 0 Å². The van der Waals surface area contributed by atoms with Gasteiger partial charge in [-0.15, -0.1) is 0 Å². The Morgan fingerprint density at radius 3 is 2.21 bits per heavy atom. The standard InChI is InChI=1S/C9H20FNO2S/c1-9(2,10)7-5-4-6-8-11-14(3,12)13/h11H,4-8H2,1-3H3. The molecule has 0 amide bonds. The van der Waals surface area contributed by atoms with Crippen LogP contribution in [0.2, 0.25) is 0 Å². The number of rotatable bonds is 7. The molecule has 14 heavy (non-hydrogen) atoms. The monoisotopic (exact) mass is 225 g/mol. The summed E-state index contributed by atoms with van der Waals surface area (Å²) in [5.41, 5.74) is -1.11. The van der Waals surface area contributed by atoms with Gasteiger partial charge in [-0.05, 0) is 26.7 Å². The zero-order valence-corrected chi connectivity index (χ0v) is 9.95. The molecule has 86 valence electrons. The molecule has 0 aliphatic carbocycles. The molecule has 1 N–H and O–H groups in total. The third kappa shape index (κ3) is 11.8. The summed E-state index contributed by atoms with van der Waals surface area (Å²) in [6, 6.07) is 0. The van der Waals surface area contributed by atoms with Gasteiger partial charge in [-0.1, -0.05) is 12.8 Å². The van der Waals surface area contributed by atoms with Crippen molar-refractivity contribution in [2.24, 2.45) is 0 Å². The minimum Gasteiger partial charge on any atom is -0.245 e. The number of hydrogen-bond donors (Lipinski definition) is 1. The van der Waals surface area contributed by atoms with Gasteiger partial charge in [-0.2, -0.15) is 0 Å². The Kier molecular flexibility index (Phi) is 5.59. The van der Waals surface area contributed by atoms with E-state index in [9.17, 15) is 12.8 Å². The second-order valence-electron chi connectivity index (χ2n) is 4.20. The van der Waals surface area contributed by atoms with Crippen LogP contribution in [0.3, 0.4) is 0 Å². The fourth-order valence-electron chi connectivity index (χ4n) is 1.10. The molecular weight excluding hydrogens is 205 g/mol. The molecule has 0 fully saturated rings. The third-order valence-corrected chi connectivity index (χ3v) is 2.54. The number of unbranched alkanes of at least 4 members (excludes halogenated alkanes) is 2. The van der Waals surface area contributed by atoms with Crippen LogP contribution in [0, 0.1) is 0 Å². The van der Waals surface area contributed by atoms with Crippen LogP contribution in [-0.2, 0) is 10.0 Å². The van der Waals surface area contributed by atoms with Crippen molar-refractivity contribution in [2.45, 2.75) is 45.2 Å². The number of nitrogens with one attached hydrogen (secondary N) is 1. The van der Waals surface area contributed by atoms with Crippen LogP contribution < -0.4 is 4.72 Å². The quantitative estimate of drug-likeness (QED) is 0.672. The van der Waals surface area contributed by atoms with Crippen molar-refractivity contribution in [3.63, 3.8) is 0 Å². The molecule has 0 heterocycles. The molecule has 0 radical (unpaired) electrons. The van der Waals surface area contributed by atoms with Crippen molar-refractivity contribution >= 4 is 10.0 Å². The summed E-state index contributed by atoms with van der Waals surface area (Å²) in [5, 5.41) is 0. The molecule has 0 unspecified atom stereocenters. The molecule has 0 aromatic carbocycles. The van der Waals surface area contributed by atoms with Crippen LogP contribution >= 0.6 is 0 Å². The molecule has 0 aromatic heterocycles. The summed E-state index contributed by atoms with van der Waals surface area (Å²) >= 11 is 0. The van der Waals surface area contributed by atoms with Gasteiger partial charge in [-0.25, -0.2) is 17.5 Å². The first-order valence-corrected chi connectivity index (χ1v) is 6.73. The van der Waals surface area contributed by atoms with E-state index >= 15 is 0 Å². The zero-order chi connectivity index (χ0) is 11.2. The average Bonchev–Trinajstić information content (AvgIpc) is 1.92. The van der Waals surface area contributed by atoms with Crippen molar-refractivity contribution in [1.82, 2.24) is 4.72 Å². The largest absolute Gasteiger partial charge is 0.245 e. The lowest BCUT2D eigenvalue weighted by Gasteiger charge is -2.12.